The molecule has 0 aliphatic heterocycles. The number of hydrogen-bond donors (Lipinski definition) is 0. The molecule has 0 aromatic carbocycles. The molecule has 0 saturated carbocycles. The molecular formula is C6H11BrO. The summed E-state index contributed by atoms with van der Waals surface area (Å²) in [6.45, 7) is 4.78. The average Bonchev–Trinajstić information content (AvgIpc) is 1.83. The Morgan fingerprint density at radius 3 is 2.62 bits per heavy atom. The van der Waals surface area contributed by atoms with Crippen LogP contribution in [0.4, 0.5) is 0 Å². The van der Waals surface area contributed by atoms with Gasteiger partial charge in [-0.3, -0.25) is 0 Å². The molecule has 0 aromatic heterocycles. The fourth-order valence-electron chi connectivity index (χ4n) is 0.257. The maximum atomic E-state index is 4.98. The Labute approximate surface area is 58.9 Å². The van der Waals surface area contributed by atoms with E-state index >= 15 is 0 Å². The lowest BCUT2D eigenvalue weighted by molar-refractivity contribution is 0.267. The molecule has 0 aliphatic carbocycles. The highest BCUT2D eigenvalue weighted by atomic mass is 79.9. The van der Waals surface area contributed by atoms with Crippen LogP contribution in [0.15, 0.2) is 10.7 Å². The van der Waals surface area contributed by atoms with Gasteiger partial charge < -0.3 is 4.74 Å². The van der Waals surface area contributed by atoms with Crippen LogP contribution in [0, 0.1) is 0 Å². The molecular weight excluding hydrogens is 168 g/mol. The Hall–Kier alpha value is 0.0200. The summed E-state index contributed by atoms with van der Waals surface area (Å²) in [4.78, 5) is 0. The van der Waals surface area contributed by atoms with E-state index in [9.17, 15) is 0 Å². The minimum atomic E-state index is 0.745. The molecule has 0 N–H and O–H groups in total. The Kier molecular flexibility index (Phi) is 5.18. The molecule has 48 valence electrons. The van der Waals surface area contributed by atoms with Crippen molar-refractivity contribution in [1.82, 2.24) is 0 Å². The van der Waals surface area contributed by atoms with Crippen molar-refractivity contribution in [1.29, 1.82) is 0 Å². The van der Waals surface area contributed by atoms with E-state index in [2.05, 4.69) is 22.9 Å². The Morgan fingerprint density at radius 1 is 1.62 bits per heavy atom. The van der Waals surface area contributed by atoms with E-state index < -0.39 is 0 Å². The van der Waals surface area contributed by atoms with Gasteiger partial charge in [0.1, 0.15) is 0 Å². The van der Waals surface area contributed by atoms with Gasteiger partial charge in [0.25, 0.3) is 0 Å². The molecule has 0 bridgehead atoms. The third-order valence-electron chi connectivity index (χ3n) is 0.716. The molecule has 0 fully saturated rings. The highest BCUT2D eigenvalue weighted by Crippen LogP contribution is 2.07. The number of ether oxygens (including phenoxy) is 1. The van der Waals surface area contributed by atoms with Crippen molar-refractivity contribution in [3.05, 3.63) is 10.7 Å². The van der Waals surface area contributed by atoms with Crippen molar-refractivity contribution in [2.45, 2.75) is 20.3 Å². The molecule has 0 atom stereocenters. The van der Waals surface area contributed by atoms with Gasteiger partial charge in [-0.15, -0.1) is 0 Å². The summed E-state index contributed by atoms with van der Waals surface area (Å²) in [5.74, 6) is 0. The van der Waals surface area contributed by atoms with E-state index in [4.69, 9.17) is 4.74 Å². The molecule has 1 nitrogen and oxygen atoms in total. The van der Waals surface area contributed by atoms with Gasteiger partial charge in [-0.1, -0.05) is 22.9 Å². The van der Waals surface area contributed by atoms with Crippen LogP contribution < -0.4 is 0 Å². The zero-order chi connectivity index (χ0) is 6.41. The lowest BCUT2D eigenvalue weighted by atomic mass is 10.5. The smallest absolute Gasteiger partial charge is 0.0929 e. The summed E-state index contributed by atoms with van der Waals surface area (Å²) in [5, 5.41) is 0. The van der Waals surface area contributed by atoms with E-state index in [1.807, 2.05) is 6.92 Å². The van der Waals surface area contributed by atoms with Crippen molar-refractivity contribution < 1.29 is 4.74 Å². The fourth-order valence-corrected chi connectivity index (χ4v) is 0.389. The molecule has 0 amide bonds. The second-order valence-corrected chi connectivity index (χ2v) is 2.39. The SMILES string of the molecule is CCO/C=C(\Br)CC. The quantitative estimate of drug-likeness (QED) is 0.605. The van der Waals surface area contributed by atoms with Gasteiger partial charge in [-0.25, -0.2) is 0 Å². The van der Waals surface area contributed by atoms with Gasteiger partial charge in [0.05, 0.1) is 12.9 Å². The third kappa shape index (κ3) is 4.19. The second kappa shape index (κ2) is 5.16. The first-order chi connectivity index (χ1) is 3.81. The fraction of sp³-hybridized carbons (Fsp3) is 0.667. The van der Waals surface area contributed by atoms with E-state index in [0.29, 0.717) is 0 Å². The molecule has 0 aliphatic rings. The highest BCUT2D eigenvalue weighted by molar-refractivity contribution is 9.11. The molecule has 0 spiro atoms. The summed E-state index contributed by atoms with van der Waals surface area (Å²) in [5.41, 5.74) is 0. The summed E-state index contributed by atoms with van der Waals surface area (Å²) >= 11 is 3.31. The lowest BCUT2D eigenvalue weighted by Crippen LogP contribution is -1.77. The lowest BCUT2D eigenvalue weighted by Gasteiger charge is -1.93. The zero-order valence-corrected chi connectivity index (χ0v) is 6.86. The van der Waals surface area contributed by atoms with E-state index in [1.54, 1.807) is 6.26 Å². The first kappa shape index (κ1) is 8.02. The number of rotatable bonds is 3. The van der Waals surface area contributed by atoms with Gasteiger partial charge in [0.15, 0.2) is 0 Å². The number of allylic oxidation sites excluding steroid dienone is 1. The van der Waals surface area contributed by atoms with Crippen molar-refractivity contribution in [2.75, 3.05) is 6.61 Å². The van der Waals surface area contributed by atoms with Crippen LogP contribution in [0.5, 0.6) is 0 Å². The van der Waals surface area contributed by atoms with E-state index in [-0.39, 0.29) is 0 Å². The average molecular weight is 179 g/mol. The van der Waals surface area contributed by atoms with E-state index in [1.165, 1.54) is 0 Å². The topological polar surface area (TPSA) is 9.23 Å². The van der Waals surface area contributed by atoms with Crippen molar-refractivity contribution in [2.24, 2.45) is 0 Å². The maximum Gasteiger partial charge on any atom is 0.0929 e. The van der Waals surface area contributed by atoms with Crippen molar-refractivity contribution in [3.8, 4) is 0 Å². The number of halogens is 1. The molecule has 0 heterocycles. The van der Waals surface area contributed by atoms with Gasteiger partial charge >= 0.3 is 0 Å². The van der Waals surface area contributed by atoms with Gasteiger partial charge in [-0.2, -0.15) is 0 Å². The van der Waals surface area contributed by atoms with Gasteiger partial charge in [-0.05, 0) is 13.3 Å². The summed E-state index contributed by atoms with van der Waals surface area (Å²) in [6.07, 6.45) is 2.74. The molecule has 8 heavy (non-hydrogen) atoms. The van der Waals surface area contributed by atoms with Crippen molar-refractivity contribution >= 4 is 15.9 Å². The molecule has 0 rings (SSSR count). The maximum absolute atomic E-state index is 4.98. The van der Waals surface area contributed by atoms with E-state index in [0.717, 1.165) is 17.5 Å². The second-order valence-electron chi connectivity index (χ2n) is 1.37. The highest BCUT2D eigenvalue weighted by Gasteiger charge is 1.82. The monoisotopic (exact) mass is 178 g/mol. The minimum absolute atomic E-state index is 0.745. The molecule has 0 radical (unpaired) electrons. The predicted octanol–water partition coefficient (Wildman–Crippen LogP) is 2.67. The largest absolute Gasteiger partial charge is 0.501 e. The van der Waals surface area contributed by atoms with Crippen LogP contribution >= 0.6 is 15.9 Å². The zero-order valence-electron chi connectivity index (χ0n) is 5.28. The normalized spacial score (nSPS) is 11.6. The summed E-state index contributed by atoms with van der Waals surface area (Å²) in [7, 11) is 0. The van der Waals surface area contributed by atoms with Crippen molar-refractivity contribution in [3.63, 3.8) is 0 Å². The van der Waals surface area contributed by atoms with Crippen LogP contribution in [-0.4, -0.2) is 6.61 Å². The van der Waals surface area contributed by atoms with Crippen LogP contribution in [0.1, 0.15) is 20.3 Å². The summed E-state index contributed by atoms with van der Waals surface area (Å²) in [6, 6.07) is 0. The Morgan fingerprint density at radius 2 is 2.25 bits per heavy atom. The third-order valence-corrected chi connectivity index (χ3v) is 1.46. The Bertz CT molecular complexity index is 78.6. The standard InChI is InChI=1S/C6H11BrO/c1-3-6(7)5-8-4-2/h5H,3-4H2,1-2H3/b6-5-. The van der Waals surface area contributed by atoms with Gasteiger partial charge in [0.2, 0.25) is 0 Å². The predicted molar refractivity (Wildman–Crippen MR) is 38.9 cm³/mol. The van der Waals surface area contributed by atoms with Gasteiger partial charge in [0, 0.05) is 4.48 Å². The first-order valence-electron chi connectivity index (χ1n) is 2.77. The summed E-state index contributed by atoms with van der Waals surface area (Å²) < 4.78 is 6.09. The molecule has 0 unspecified atom stereocenters. The van der Waals surface area contributed by atoms with Crippen LogP contribution in [0.25, 0.3) is 0 Å². The number of hydrogen-bond acceptors (Lipinski definition) is 1. The Balaban J connectivity index is 3.26. The van der Waals surface area contributed by atoms with Crippen LogP contribution in [0.3, 0.4) is 0 Å². The first-order valence-corrected chi connectivity index (χ1v) is 3.56. The minimum Gasteiger partial charge on any atom is -0.501 e. The van der Waals surface area contributed by atoms with Crippen LogP contribution in [0.2, 0.25) is 0 Å². The molecule has 0 aromatic rings. The molecule has 0 saturated heterocycles. The van der Waals surface area contributed by atoms with Crippen LogP contribution in [-0.2, 0) is 4.74 Å². The molecule has 2 heteroatoms.